The normalized spacial score (nSPS) is 16.0. The van der Waals surface area contributed by atoms with Gasteiger partial charge in [0, 0.05) is 25.4 Å². The molecule has 0 saturated carbocycles. The number of allylic oxidation sites excluding steroid dienone is 2. The van der Waals surface area contributed by atoms with E-state index in [-0.39, 0.29) is 11.4 Å². The van der Waals surface area contributed by atoms with Crippen LogP contribution in [-0.2, 0) is 4.79 Å². The van der Waals surface area contributed by atoms with Gasteiger partial charge in [-0.25, -0.2) is 0 Å². The molecule has 0 radical (unpaired) electrons. The molecule has 0 aromatic carbocycles. The number of nitrogens with one attached hydrogen (secondary N) is 2. The van der Waals surface area contributed by atoms with Crippen molar-refractivity contribution in [1.82, 2.24) is 10.6 Å². The molecule has 1 unspecified atom stereocenters. The molecule has 0 rings (SSSR count). The van der Waals surface area contributed by atoms with Gasteiger partial charge in [0.05, 0.1) is 5.38 Å². The maximum absolute atomic E-state index is 11.3. The number of carbonyl (C=O) groups excluding carboxylic acids is 1. The Balaban J connectivity index is 4.64. The van der Waals surface area contributed by atoms with Gasteiger partial charge in [-0.2, -0.15) is 0 Å². The predicted octanol–water partition coefficient (Wildman–Crippen LogP) is 3.31. The first-order chi connectivity index (χ1) is 8.73. The van der Waals surface area contributed by atoms with Crippen LogP contribution in [0.1, 0.15) is 6.92 Å². The van der Waals surface area contributed by atoms with Gasteiger partial charge < -0.3 is 10.6 Å². The molecule has 7 heteroatoms. The Bertz CT molecular complexity index is 374. The summed E-state index contributed by atoms with van der Waals surface area (Å²) in [4.78, 5) is 11.3. The van der Waals surface area contributed by atoms with Gasteiger partial charge in [-0.3, -0.25) is 4.79 Å². The zero-order valence-corrected chi connectivity index (χ0v) is 13.6. The molecule has 3 nitrogen and oxygen atoms in total. The van der Waals surface area contributed by atoms with E-state index in [0.717, 1.165) is 11.6 Å². The molecule has 0 saturated heterocycles. The van der Waals surface area contributed by atoms with E-state index >= 15 is 0 Å². The van der Waals surface area contributed by atoms with Crippen molar-refractivity contribution in [3.63, 3.8) is 0 Å². The molecule has 0 aromatic heterocycles. The third kappa shape index (κ3) is 7.11. The molecular weight excluding hydrogens is 330 g/mol. The van der Waals surface area contributed by atoms with Crippen molar-refractivity contribution in [3.8, 4) is 0 Å². The Morgan fingerprint density at radius 1 is 1.37 bits per heavy atom. The van der Waals surface area contributed by atoms with Crippen molar-refractivity contribution in [1.29, 1.82) is 0 Å². The smallest absolute Gasteiger partial charge is 0.252 e. The summed E-state index contributed by atoms with van der Waals surface area (Å²) in [5.74, 6) is -0.623. The third-order valence-corrected chi connectivity index (χ3v) is 3.19. The standard InChI is InChI=1S/C12H16Cl4N2O/c1-4-10(13)9(7-17-3)8(2)18-6-5-11(19)12(14,15)16/h4-8,10,17-18H,1H2,2-3H3/b6-5+,9-7-/t8-,10?/m0/s1. The van der Waals surface area contributed by atoms with E-state index in [1.807, 2.05) is 6.92 Å². The summed E-state index contributed by atoms with van der Waals surface area (Å²) in [5.41, 5.74) is 0.866. The highest BCUT2D eigenvalue weighted by Gasteiger charge is 2.27. The van der Waals surface area contributed by atoms with Gasteiger partial charge in [-0.05, 0) is 18.7 Å². The molecule has 0 fully saturated rings. The van der Waals surface area contributed by atoms with E-state index in [4.69, 9.17) is 46.4 Å². The summed E-state index contributed by atoms with van der Waals surface area (Å²) in [7, 11) is 1.77. The molecule has 0 bridgehead atoms. The molecule has 0 spiro atoms. The molecule has 0 aliphatic heterocycles. The van der Waals surface area contributed by atoms with Crippen LogP contribution < -0.4 is 10.6 Å². The fourth-order valence-electron chi connectivity index (χ4n) is 1.21. The minimum atomic E-state index is -1.94. The van der Waals surface area contributed by atoms with Crippen molar-refractivity contribution in [3.05, 3.63) is 36.7 Å². The van der Waals surface area contributed by atoms with Gasteiger partial charge >= 0.3 is 0 Å². The Kier molecular flexibility index (Phi) is 8.59. The molecule has 0 heterocycles. The van der Waals surface area contributed by atoms with E-state index in [2.05, 4.69) is 17.2 Å². The van der Waals surface area contributed by atoms with Gasteiger partial charge in [0.25, 0.3) is 3.79 Å². The number of hydrogen-bond donors (Lipinski definition) is 2. The summed E-state index contributed by atoms with van der Waals surface area (Å²) < 4.78 is -1.94. The lowest BCUT2D eigenvalue weighted by atomic mass is 10.1. The molecule has 0 aromatic rings. The lowest BCUT2D eigenvalue weighted by molar-refractivity contribution is -0.113. The largest absolute Gasteiger partial charge is 0.394 e. The molecule has 2 atom stereocenters. The zero-order valence-electron chi connectivity index (χ0n) is 10.6. The first-order valence-electron chi connectivity index (χ1n) is 5.41. The topological polar surface area (TPSA) is 41.1 Å². The van der Waals surface area contributed by atoms with E-state index in [9.17, 15) is 4.79 Å². The van der Waals surface area contributed by atoms with E-state index < -0.39 is 9.58 Å². The van der Waals surface area contributed by atoms with Crippen LogP contribution >= 0.6 is 46.4 Å². The molecule has 0 aliphatic rings. The number of rotatable bonds is 7. The van der Waals surface area contributed by atoms with Crippen LogP contribution in [0.4, 0.5) is 0 Å². The second-order valence-corrected chi connectivity index (χ2v) is 6.41. The zero-order chi connectivity index (χ0) is 15.1. The fourth-order valence-corrected chi connectivity index (χ4v) is 1.65. The highest BCUT2D eigenvalue weighted by molar-refractivity contribution is 6.77. The van der Waals surface area contributed by atoms with Crippen molar-refractivity contribution < 1.29 is 4.79 Å². The summed E-state index contributed by atoms with van der Waals surface area (Å²) in [5, 5.41) is 5.54. The van der Waals surface area contributed by atoms with Crippen LogP contribution in [0.2, 0.25) is 0 Å². The maximum Gasteiger partial charge on any atom is 0.252 e. The monoisotopic (exact) mass is 344 g/mol. The van der Waals surface area contributed by atoms with Crippen molar-refractivity contribution in [2.45, 2.75) is 22.1 Å². The van der Waals surface area contributed by atoms with E-state index in [1.54, 1.807) is 19.3 Å². The molecular formula is C12H16Cl4N2O. The number of hydrogen-bond acceptors (Lipinski definition) is 3. The van der Waals surface area contributed by atoms with E-state index in [1.165, 1.54) is 6.20 Å². The maximum atomic E-state index is 11.3. The molecule has 0 aliphatic carbocycles. The van der Waals surface area contributed by atoms with Gasteiger partial charge in [-0.15, -0.1) is 18.2 Å². The highest BCUT2D eigenvalue weighted by atomic mass is 35.6. The van der Waals surface area contributed by atoms with Crippen molar-refractivity contribution in [2.75, 3.05) is 7.05 Å². The molecule has 19 heavy (non-hydrogen) atoms. The number of alkyl halides is 4. The van der Waals surface area contributed by atoms with Crippen molar-refractivity contribution >= 4 is 52.2 Å². The second-order valence-electron chi connectivity index (χ2n) is 3.65. The highest BCUT2D eigenvalue weighted by Crippen LogP contribution is 2.27. The Hall–Kier alpha value is -0.350. The van der Waals surface area contributed by atoms with Crippen LogP contribution in [-0.4, -0.2) is 28.0 Å². The lowest BCUT2D eigenvalue weighted by Crippen LogP contribution is -2.28. The van der Waals surface area contributed by atoms with Crippen LogP contribution in [0, 0.1) is 0 Å². The van der Waals surface area contributed by atoms with Gasteiger partial charge in [0.15, 0.2) is 0 Å². The lowest BCUT2D eigenvalue weighted by Gasteiger charge is -2.19. The van der Waals surface area contributed by atoms with Crippen LogP contribution in [0.3, 0.4) is 0 Å². The Morgan fingerprint density at radius 3 is 2.37 bits per heavy atom. The minimum Gasteiger partial charge on any atom is -0.394 e. The van der Waals surface area contributed by atoms with Crippen LogP contribution in [0.25, 0.3) is 0 Å². The third-order valence-electron chi connectivity index (χ3n) is 2.20. The average Bonchev–Trinajstić information content (AvgIpc) is 2.33. The van der Waals surface area contributed by atoms with E-state index in [0.29, 0.717) is 0 Å². The second kappa shape index (κ2) is 8.75. The molecule has 0 amide bonds. The van der Waals surface area contributed by atoms with Crippen LogP contribution in [0.15, 0.2) is 36.7 Å². The van der Waals surface area contributed by atoms with Crippen molar-refractivity contribution in [2.24, 2.45) is 0 Å². The summed E-state index contributed by atoms with van der Waals surface area (Å²) in [6.07, 6.45) is 5.96. The quantitative estimate of drug-likeness (QED) is 0.422. The minimum absolute atomic E-state index is 0.118. The number of ketones is 1. The summed E-state index contributed by atoms with van der Waals surface area (Å²) in [6, 6.07) is -0.118. The Morgan fingerprint density at radius 2 is 1.95 bits per heavy atom. The first kappa shape index (κ1) is 18.7. The SMILES string of the molecule is C=CC(Cl)/C(=C\NC)[C@H](C)N/C=C/C(=O)C(Cl)(Cl)Cl. The van der Waals surface area contributed by atoms with Gasteiger partial charge in [-0.1, -0.05) is 40.9 Å². The number of halogens is 4. The van der Waals surface area contributed by atoms with Gasteiger partial charge in [0.1, 0.15) is 0 Å². The van der Waals surface area contributed by atoms with Crippen LogP contribution in [0.5, 0.6) is 0 Å². The predicted molar refractivity (Wildman–Crippen MR) is 84.0 cm³/mol. The molecule has 2 N–H and O–H groups in total. The number of carbonyl (C=O) groups is 1. The average molecular weight is 346 g/mol. The molecule has 108 valence electrons. The van der Waals surface area contributed by atoms with Gasteiger partial charge in [0.2, 0.25) is 5.78 Å². The summed E-state index contributed by atoms with van der Waals surface area (Å²) in [6.45, 7) is 5.52. The first-order valence-corrected chi connectivity index (χ1v) is 6.98. The summed E-state index contributed by atoms with van der Waals surface area (Å²) >= 11 is 22.4. The Labute approximate surface area is 133 Å². The fraction of sp³-hybridized carbons (Fsp3) is 0.417.